The molecule has 1 rings (SSSR count). The second-order valence-electron chi connectivity index (χ2n) is 4.15. The van der Waals surface area contributed by atoms with E-state index < -0.39 is 10.0 Å². The Kier molecular flexibility index (Phi) is 8.20. The highest BCUT2D eigenvalue weighted by Gasteiger charge is 2.19. The molecule has 1 aromatic rings. The maximum atomic E-state index is 12.2. The van der Waals surface area contributed by atoms with Crippen molar-refractivity contribution < 1.29 is 22.6 Å². The highest BCUT2D eigenvalue weighted by Crippen LogP contribution is 2.26. The Hall–Kier alpha value is -0.670. The number of methoxy groups -OCH3 is 2. The summed E-state index contributed by atoms with van der Waals surface area (Å²) >= 11 is 3.26. The van der Waals surface area contributed by atoms with Crippen LogP contribution in [0.2, 0.25) is 0 Å². The van der Waals surface area contributed by atoms with Gasteiger partial charge in [-0.2, -0.15) is 0 Å². The zero-order valence-electron chi connectivity index (χ0n) is 12.1. The quantitative estimate of drug-likeness (QED) is 0.625. The normalized spacial score (nSPS) is 11.6. The van der Waals surface area contributed by atoms with Crippen LogP contribution in [0.15, 0.2) is 27.6 Å². The molecule has 0 unspecified atom stereocenters. The lowest BCUT2D eigenvalue weighted by atomic mass is 10.3. The van der Waals surface area contributed by atoms with Crippen LogP contribution in [0.25, 0.3) is 0 Å². The molecule has 8 heteroatoms. The maximum absolute atomic E-state index is 12.2. The van der Waals surface area contributed by atoms with Crippen LogP contribution in [-0.4, -0.2) is 49.0 Å². The minimum Gasteiger partial charge on any atom is -0.495 e. The maximum Gasteiger partial charge on any atom is 0.244 e. The first-order valence-corrected chi connectivity index (χ1v) is 8.68. The average molecular weight is 382 g/mol. The van der Waals surface area contributed by atoms with E-state index in [-0.39, 0.29) is 4.90 Å². The van der Waals surface area contributed by atoms with Gasteiger partial charge in [0.15, 0.2) is 0 Å². The number of ether oxygens (including phenoxy) is 3. The van der Waals surface area contributed by atoms with Gasteiger partial charge < -0.3 is 14.2 Å². The monoisotopic (exact) mass is 381 g/mol. The summed E-state index contributed by atoms with van der Waals surface area (Å²) in [6, 6.07) is 4.84. The summed E-state index contributed by atoms with van der Waals surface area (Å²) < 4.78 is 42.8. The molecule has 120 valence electrons. The van der Waals surface area contributed by atoms with E-state index in [1.165, 1.54) is 13.2 Å². The highest BCUT2D eigenvalue weighted by molar-refractivity contribution is 9.10. The van der Waals surface area contributed by atoms with Gasteiger partial charge in [-0.1, -0.05) is 15.9 Å². The van der Waals surface area contributed by atoms with Crippen LogP contribution >= 0.6 is 15.9 Å². The van der Waals surface area contributed by atoms with Gasteiger partial charge in [0.2, 0.25) is 10.0 Å². The van der Waals surface area contributed by atoms with E-state index in [1.54, 1.807) is 19.2 Å². The smallest absolute Gasteiger partial charge is 0.244 e. The number of sulfonamides is 1. The number of hydrogen-bond donors (Lipinski definition) is 1. The van der Waals surface area contributed by atoms with Crippen LogP contribution in [0.4, 0.5) is 0 Å². The van der Waals surface area contributed by atoms with Crippen molar-refractivity contribution in [3.8, 4) is 5.75 Å². The third-order valence-corrected chi connectivity index (χ3v) is 4.58. The number of halogens is 1. The van der Waals surface area contributed by atoms with Crippen molar-refractivity contribution in [2.75, 3.05) is 40.6 Å². The summed E-state index contributed by atoms with van der Waals surface area (Å²) in [6.07, 6.45) is 0.583. The van der Waals surface area contributed by atoms with Crippen molar-refractivity contribution in [1.29, 1.82) is 0 Å². The predicted octanol–water partition coefficient (Wildman–Crippen LogP) is 1.79. The molecular formula is C13H20BrNO5S. The Balaban J connectivity index is 2.52. The van der Waals surface area contributed by atoms with E-state index in [9.17, 15) is 8.42 Å². The molecule has 0 fully saturated rings. The standard InChI is InChI=1S/C13H20BrNO5S/c1-18-8-9-20-7-3-6-15-21(16,17)13-10-11(14)4-5-12(13)19-2/h4-5,10,15H,3,6-9H2,1-2H3. The molecule has 0 radical (unpaired) electrons. The van der Waals surface area contributed by atoms with E-state index in [0.29, 0.717) is 43.0 Å². The minimum absolute atomic E-state index is 0.111. The van der Waals surface area contributed by atoms with Gasteiger partial charge in [0.25, 0.3) is 0 Å². The lowest BCUT2D eigenvalue weighted by Gasteiger charge is -2.11. The fourth-order valence-corrected chi connectivity index (χ4v) is 3.34. The largest absolute Gasteiger partial charge is 0.495 e. The van der Waals surface area contributed by atoms with E-state index in [0.717, 1.165) is 0 Å². The van der Waals surface area contributed by atoms with Crippen molar-refractivity contribution in [1.82, 2.24) is 4.72 Å². The zero-order valence-corrected chi connectivity index (χ0v) is 14.5. The van der Waals surface area contributed by atoms with Crippen molar-refractivity contribution >= 4 is 26.0 Å². The predicted molar refractivity (Wildman–Crippen MR) is 83.2 cm³/mol. The summed E-state index contributed by atoms with van der Waals surface area (Å²) in [4.78, 5) is 0.111. The summed E-state index contributed by atoms with van der Waals surface area (Å²) in [5.74, 6) is 0.307. The van der Waals surface area contributed by atoms with Gasteiger partial charge >= 0.3 is 0 Å². The molecule has 1 N–H and O–H groups in total. The molecule has 0 amide bonds. The van der Waals surface area contributed by atoms with Crippen LogP contribution in [-0.2, 0) is 19.5 Å². The molecule has 0 atom stereocenters. The van der Waals surface area contributed by atoms with Gasteiger partial charge in [-0.05, 0) is 24.6 Å². The second-order valence-corrected chi connectivity index (χ2v) is 6.80. The van der Waals surface area contributed by atoms with Crippen LogP contribution in [0.5, 0.6) is 5.75 Å². The molecule has 0 aliphatic carbocycles. The van der Waals surface area contributed by atoms with Gasteiger partial charge in [-0.25, -0.2) is 13.1 Å². The molecule has 0 aliphatic heterocycles. The molecular weight excluding hydrogens is 362 g/mol. The Morgan fingerprint density at radius 2 is 1.95 bits per heavy atom. The topological polar surface area (TPSA) is 73.9 Å². The van der Waals surface area contributed by atoms with Gasteiger partial charge in [0.05, 0.1) is 20.3 Å². The van der Waals surface area contributed by atoms with E-state index in [2.05, 4.69) is 20.7 Å². The molecule has 0 bridgehead atoms. The van der Waals surface area contributed by atoms with Gasteiger partial charge in [0, 0.05) is 24.7 Å². The third kappa shape index (κ3) is 6.31. The Morgan fingerprint density at radius 3 is 2.62 bits per heavy atom. The molecule has 0 aromatic heterocycles. The van der Waals surface area contributed by atoms with Crippen LogP contribution in [0.3, 0.4) is 0 Å². The SMILES string of the molecule is COCCOCCCNS(=O)(=O)c1cc(Br)ccc1OC. The molecule has 0 aliphatic rings. The van der Waals surface area contributed by atoms with Crippen molar-refractivity contribution in [2.24, 2.45) is 0 Å². The fraction of sp³-hybridized carbons (Fsp3) is 0.538. The summed E-state index contributed by atoms with van der Waals surface area (Å²) in [7, 11) is -0.572. The molecule has 0 saturated heterocycles. The Labute approximate surface area is 134 Å². The third-order valence-electron chi connectivity index (χ3n) is 2.60. The first-order valence-electron chi connectivity index (χ1n) is 6.41. The summed E-state index contributed by atoms with van der Waals surface area (Å²) in [5.41, 5.74) is 0. The number of nitrogens with one attached hydrogen (secondary N) is 1. The number of rotatable bonds is 10. The summed E-state index contributed by atoms with van der Waals surface area (Å²) in [5, 5.41) is 0. The lowest BCUT2D eigenvalue weighted by Crippen LogP contribution is -2.26. The second kappa shape index (κ2) is 9.37. The van der Waals surface area contributed by atoms with E-state index >= 15 is 0 Å². The molecule has 0 spiro atoms. The zero-order chi connectivity index (χ0) is 15.7. The molecule has 0 heterocycles. The molecule has 0 saturated carbocycles. The van der Waals surface area contributed by atoms with Crippen molar-refractivity contribution in [2.45, 2.75) is 11.3 Å². The van der Waals surface area contributed by atoms with E-state index in [4.69, 9.17) is 14.2 Å². The van der Waals surface area contributed by atoms with Crippen LogP contribution in [0.1, 0.15) is 6.42 Å². The summed E-state index contributed by atoms with van der Waals surface area (Å²) in [6.45, 7) is 1.80. The van der Waals surface area contributed by atoms with Gasteiger partial charge in [-0.15, -0.1) is 0 Å². The van der Waals surface area contributed by atoms with Gasteiger partial charge in [-0.3, -0.25) is 0 Å². The van der Waals surface area contributed by atoms with Crippen molar-refractivity contribution in [3.63, 3.8) is 0 Å². The van der Waals surface area contributed by atoms with Crippen molar-refractivity contribution in [3.05, 3.63) is 22.7 Å². The average Bonchev–Trinajstić information content (AvgIpc) is 2.46. The molecule has 21 heavy (non-hydrogen) atoms. The Bertz CT molecular complexity index is 535. The lowest BCUT2D eigenvalue weighted by molar-refractivity contribution is 0.0699. The fourth-order valence-electron chi connectivity index (χ4n) is 1.56. The number of hydrogen-bond acceptors (Lipinski definition) is 5. The minimum atomic E-state index is -3.61. The molecule has 6 nitrogen and oxygen atoms in total. The Morgan fingerprint density at radius 1 is 1.19 bits per heavy atom. The van der Waals surface area contributed by atoms with Crippen LogP contribution in [0, 0.1) is 0 Å². The molecule has 1 aromatic carbocycles. The number of benzene rings is 1. The first-order chi connectivity index (χ1) is 10.0. The van der Waals surface area contributed by atoms with Crippen LogP contribution < -0.4 is 9.46 Å². The van der Waals surface area contributed by atoms with Gasteiger partial charge in [0.1, 0.15) is 10.6 Å². The first kappa shape index (κ1) is 18.4. The van der Waals surface area contributed by atoms with E-state index in [1.807, 2.05) is 0 Å². The highest BCUT2D eigenvalue weighted by atomic mass is 79.9.